The molecule has 0 fully saturated rings. The predicted molar refractivity (Wildman–Crippen MR) is 77.6 cm³/mol. The van der Waals surface area contributed by atoms with Gasteiger partial charge >= 0.3 is 0 Å². The molecule has 0 amide bonds. The molecule has 1 atom stereocenters. The molecule has 0 aliphatic rings. The fraction of sp³-hybridized carbons (Fsp3) is 0.600. The van der Waals surface area contributed by atoms with Crippen LogP contribution in [0, 0.1) is 6.92 Å². The quantitative estimate of drug-likeness (QED) is 0.863. The average Bonchev–Trinajstić information content (AvgIpc) is 2.35. The lowest BCUT2D eigenvalue weighted by Gasteiger charge is -2.12. The summed E-state index contributed by atoms with van der Waals surface area (Å²) in [6, 6.07) is 8.68. The molecule has 17 heavy (non-hydrogen) atoms. The Balaban J connectivity index is -0.000000355. The van der Waals surface area contributed by atoms with E-state index in [-0.39, 0.29) is 5.48 Å². The minimum absolute atomic E-state index is 0. The maximum Gasteiger partial charge on any atom is 0.0319 e. The number of hydrogen-bond acceptors (Lipinski definition) is 1. The molecule has 102 valence electrons. The van der Waals surface area contributed by atoms with Gasteiger partial charge in [0.25, 0.3) is 0 Å². The van der Waals surface area contributed by atoms with Crippen LogP contribution in [0.2, 0.25) is 0 Å². The molecule has 1 aromatic rings. The summed E-state index contributed by atoms with van der Waals surface area (Å²) in [7, 11) is 1.00. The molecule has 1 rings (SSSR count). The molecule has 0 radical (unpaired) electrons. The number of aliphatic hydroxyl groups is 1. The van der Waals surface area contributed by atoms with Gasteiger partial charge in [-0.05, 0) is 30.4 Å². The van der Waals surface area contributed by atoms with E-state index >= 15 is 0 Å². The third-order valence-electron chi connectivity index (χ3n) is 2.44. The molecular formula is C15H30O2. The maximum absolute atomic E-state index is 7.00. The van der Waals surface area contributed by atoms with Gasteiger partial charge in [0.15, 0.2) is 0 Å². The summed E-state index contributed by atoms with van der Waals surface area (Å²) >= 11 is 0. The number of aryl methyl sites for hydroxylation is 1. The van der Waals surface area contributed by atoms with E-state index in [0.29, 0.717) is 0 Å². The lowest BCUT2D eigenvalue weighted by Crippen LogP contribution is -1.95. The van der Waals surface area contributed by atoms with Gasteiger partial charge in [-0.2, -0.15) is 0 Å². The van der Waals surface area contributed by atoms with E-state index in [0.717, 1.165) is 13.0 Å². The molecule has 0 heterocycles. The van der Waals surface area contributed by atoms with Gasteiger partial charge in [-0.15, -0.1) is 0 Å². The van der Waals surface area contributed by atoms with E-state index in [4.69, 9.17) is 5.11 Å². The van der Waals surface area contributed by atoms with Crippen LogP contribution in [0.15, 0.2) is 24.3 Å². The second-order valence-corrected chi connectivity index (χ2v) is 3.55. The van der Waals surface area contributed by atoms with Crippen LogP contribution < -0.4 is 0 Å². The van der Waals surface area contributed by atoms with Crippen molar-refractivity contribution in [2.24, 2.45) is 0 Å². The third kappa shape index (κ3) is 8.90. The van der Waals surface area contributed by atoms with Crippen LogP contribution in [0.1, 0.15) is 57.6 Å². The van der Waals surface area contributed by atoms with Crippen LogP contribution in [0.5, 0.6) is 0 Å². The number of aliphatic hydroxyl groups excluding tert-OH is 1. The Hall–Kier alpha value is -0.860. The summed E-state index contributed by atoms with van der Waals surface area (Å²) in [4.78, 5) is 0. The molecule has 0 saturated heterocycles. The average molecular weight is 242 g/mol. The highest BCUT2D eigenvalue weighted by molar-refractivity contribution is 5.28. The van der Waals surface area contributed by atoms with E-state index in [1.165, 1.54) is 24.0 Å². The molecule has 0 bridgehead atoms. The Bertz CT molecular complexity index is 246. The first kappa shape index (κ1) is 21.4. The van der Waals surface area contributed by atoms with E-state index in [1.54, 1.807) is 0 Å². The zero-order valence-corrected chi connectivity index (χ0v) is 12.2. The van der Waals surface area contributed by atoms with E-state index < -0.39 is 0 Å². The molecule has 3 N–H and O–H groups in total. The molecule has 2 nitrogen and oxygen atoms in total. The first-order valence-corrected chi connectivity index (χ1v) is 6.26. The van der Waals surface area contributed by atoms with Crippen LogP contribution in [0.4, 0.5) is 0 Å². The summed E-state index contributed by atoms with van der Waals surface area (Å²) in [5, 5.41) is 7.00. The largest absolute Gasteiger partial charge is 0.412 e. The summed E-state index contributed by atoms with van der Waals surface area (Å²) in [5.41, 5.74) is 2.94. The molecule has 0 aliphatic heterocycles. The van der Waals surface area contributed by atoms with Crippen LogP contribution in [-0.4, -0.2) is 17.7 Å². The van der Waals surface area contributed by atoms with Gasteiger partial charge in [0.1, 0.15) is 0 Å². The topological polar surface area (TPSA) is 51.7 Å². The van der Waals surface area contributed by atoms with Crippen molar-refractivity contribution in [3.05, 3.63) is 35.4 Å². The van der Waals surface area contributed by atoms with Gasteiger partial charge in [0, 0.05) is 7.11 Å². The molecule has 1 aromatic carbocycles. The standard InChI is InChI=1S/C12H18.C2H6.CH4O.H2O/c1-4-7-10(2)12-9-6-5-8-11(12)3;2*1-2;/h5-6,8-10H,4,7H2,1-3H3;1-2H3;2H,1H3;1H2. The first-order valence-electron chi connectivity index (χ1n) is 6.26. The number of benzene rings is 1. The monoisotopic (exact) mass is 242 g/mol. The van der Waals surface area contributed by atoms with Crippen molar-refractivity contribution >= 4 is 0 Å². The van der Waals surface area contributed by atoms with Crippen molar-refractivity contribution in [3.8, 4) is 0 Å². The van der Waals surface area contributed by atoms with Crippen molar-refractivity contribution in [1.29, 1.82) is 0 Å². The highest BCUT2D eigenvalue weighted by atomic mass is 16.2. The van der Waals surface area contributed by atoms with Crippen LogP contribution in [0.25, 0.3) is 0 Å². The fourth-order valence-corrected chi connectivity index (χ4v) is 1.73. The van der Waals surface area contributed by atoms with Crippen LogP contribution in [-0.2, 0) is 0 Å². The van der Waals surface area contributed by atoms with Crippen LogP contribution in [0.3, 0.4) is 0 Å². The van der Waals surface area contributed by atoms with Crippen molar-refractivity contribution in [1.82, 2.24) is 0 Å². The van der Waals surface area contributed by atoms with Gasteiger partial charge < -0.3 is 10.6 Å². The van der Waals surface area contributed by atoms with Crippen LogP contribution >= 0.6 is 0 Å². The minimum Gasteiger partial charge on any atom is -0.412 e. The second kappa shape index (κ2) is 15.1. The van der Waals surface area contributed by atoms with Crippen molar-refractivity contribution in [2.75, 3.05) is 7.11 Å². The Kier molecular flexibility index (Phi) is 19.1. The third-order valence-corrected chi connectivity index (χ3v) is 2.44. The summed E-state index contributed by atoms with van der Waals surface area (Å²) in [6.45, 7) is 10.8. The summed E-state index contributed by atoms with van der Waals surface area (Å²) < 4.78 is 0. The number of hydrogen-bond donors (Lipinski definition) is 1. The van der Waals surface area contributed by atoms with Gasteiger partial charge in [-0.25, -0.2) is 0 Å². The number of rotatable bonds is 3. The molecule has 0 aromatic heterocycles. The van der Waals surface area contributed by atoms with Crippen molar-refractivity contribution < 1.29 is 10.6 Å². The Morgan fingerprint density at radius 1 is 1.12 bits per heavy atom. The maximum atomic E-state index is 7.00. The molecule has 0 spiro atoms. The zero-order valence-electron chi connectivity index (χ0n) is 12.2. The Labute approximate surface area is 107 Å². The smallest absolute Gasteiger partial charge is 0.0319 e. The molecular weight excluding hydrogens is 212 g/mol. The van der Waals surface area contributed by atoms with Crippen molar-refractivity contribution in [3.63, 3.8) is 0 Å². The molecule has 0 saturated carbocycles. The molecule has 0 aliphatic carbocycles. The lowest BCUT2D eigenvalue weighted by atomic mass is 9.93. The fourth-order valence-electron chi connectivity index (χ4n) is 1.73. The Morgan fingerprint density at radius 3 is 2.00 bits per heavy atom. The Morgan fingerprint density at radius 2 is 1.59 bits per heavy atom. The summed E-state index contributed by atoms with van der Waals surface area (Å²) in [5.74, 6) is 0.719. The van der Waals surface area contributed by atoms with Gasteiger partial charge in [-0.1, -0.05) is 58.4 Å². The normalized spacial score (nSPS) is 9.82. The van der Waals surface area contributed by atoms with Gasteiger partial charge in [0.05, 0.1) is 0 Å². The molecule has 2 heteroatoms. The lowest BCUT2D eigenvalue weighted by molar-refractivity contribution is 0.399. The molecule has 1 unspecified atom stereocenters. The highest BCUT2D eigenvalue weighted by Gasteiger charge is 2.05. The van der Waals surface area contributed by atoms with Gasteiger partial charge in [-0.3, -0.25) is 0 Å². The SMILES string of the molecule is CC.CCCC(C)c1ccccc1C.CO.O. The van der Waals surface area contributed by atoms with E-state index in [1.807, 2.05) is 13.8 Å². The van der Waals surface area contributed by atoms with Crippen molar-refractivity contribution in [2.45, 2.75) is 53.4 Å². The van der Waals surface area contributed by atoms with E-state index in [9.17, 15) is 0 Å². The second-order valence-electron chi connectivity index (χ2n) is 3.55. The zero-order chi connectivity index (χ0) is 13.0. The van der Waals surface area contributed by atoms with E-state index in [2.05, 4.69) is 45.0 Å². The minimum atomic E-state index is 0. The predicted octanol–water partition coefficient (Wildman–Crippen LogP) is 3.71. The summed E-state index contributed by atoms with van der Waals surface area (Å²) in [6.07, 6.45) is 2.57. The first-order chi connectivity index (χ1) is 7.75. The van der Waals surface area contributed by atoms with Gasteiger partial charge in [0.2, 0.25) is 0 Å². The highest BCUT2D eigenvalue weighted by Crippen LogP contribution is 2.22.